The molecule has 0 aliphatic rings. The number of carbonyl (C=O) groups excluding carboxylic acids is 3. The van der Waals surface area contributed by atoms with E-state index in [-0.39, 0.29) is 12.3 Å². The predicted octanol–water partition coefficient (Wildman–Crippen LogP) is -0.986. The largest absolute Gasteiger partial charge is 0.480 e. The number of thiol groups is 1. The lowest BCUT2D eigenvalue weighted by atomic mass is 10.1. The lowest BCUT2D eigenvalue weighted by molar-refractivity contribution is -0.141. The summed E-state index contributed by atoms with van der Waals surface area (Å²) < 4.78 is 0. The van der Waals surface area contributed by atoms with Gasteiger partial charge in [-0.1, -0.05) is 0 Å². The van der Waals surface area contributed by atoms with Crippen molar-refractivity contribution in [3.05, 3.63) is 0 Å². The van der Waals surface area contributed by atoms with Crippen LogP contribution in [0.25, 0.3) is 0 Å². The Balaban J connectivity index is 4.72. The zero-order valence-corrected chi connectivity index (χ0v) is 15.5. The van der Waals surface area contributed by atoms with Crippen molar-refractivity contribution in [1.29, 1.82) is 0 Å². The molecule has 6 N–H and O–H groups in total. The number of nitrogens with two attached hydrogens (primary N) is 1. The number of carboxylic acid groups (broad SMARTS) is 1. The van der Waals surface area contributed by atoms with Gasteiger partial charge in [0.1, 0.15) is 18.1 Å². The fourth-order valence-corrected chi connectivity index (χ4v) is 2.11. The second-order valence-electron chi connectivity index (χ2n) is 5.68. The highest BCUT2D eigenvalue weighted by molar-refractivity contribution is 7.80. The van der Waals surface area contributed by atoms with E-state index in [1.54, 1.807) is 0 Å². The minimum Gasteiger partial charge on any atom is -0.480 e. The van der Waals surface area contributed by atoms with Gasteiger partial charge in [-0.3, -0.25) is 19.2 Å². The second-order valence-corrected chi connectivity index (χ2v) is 6.12. The Morgan fingerprint density at radius 2 is 1.60 bits per heavy atom. The normalized spacial score (nSPS) is 14.1. The first-order valence-electron chi connectivity index (χ1n) is 8.16. The maximum Gasteiger partial charge on any atom is 0.325 e. The van der Waals surface area contributed by atoms with Crippen molar-refractivity contribution in [2.75, 3.05) is 12.3 Å². The molecule has 0 aromatic rings. The van der Waals surface area contributed by atoms with E-state index in [1.165, 1.54) is 13.8 Å². The summed E-state index contributed by atoms with van der Waals surface area (Å²) in [6.07, 6.45) is 1.92. The lowest BCUT2D eigenvalue weighted by Gasteiger charge is -2.21. The maximum absolute atomic E-state index is 12.3. The third-order valence-electron chi connectivity index (χ3n) is 3.42. The Kier molecular flexibility index (Phi) is 11.6. The summed E-state index contributed by atoms with van der Waals surface area (Å²) in [7, 11) is 0. The zero-order valence-electron chi connectivity index (χ0n) is 14.6. The first-order chi connectivity index (χ1) is 11.7. The molecule has 0 rings (SSSR count). The van der Waals surface area contributed by atoms with Gasteiger partial charge in [0.05, 0.1) is 0 Å². The Hall–Kier alpha value is -1.81. The van der Waals surface area contributed by atoms with E-state index in [1.807, 2.05) is 0 Å². The molecule has 0 aliphatic carbocycles. The summed E-state index contributed by atoms with van der Waals surface area (Å²) in [6.45, 7) is 3.24. The van der Waals surface area contributed by atoms with Crippen LogP contribution in [0.3, 0.4) is 0 Å². The van der Waals surface area contributed by atoms with Crippen LogP contribution in [0.15, 0.2) is 0 Å². The summed E-state index contributed by atoms with van der Waals surface area (Å²) in [5, 5.41) is 16.2. The van der Waals surface area contributed by atoms with Gasteiger partial charge in [0.2, 0.25) is 17.7 Å². The van der Waals surface area contributed by atoms with Gasteiger partial charge in [-0.2, -0.15) is 12.6 Å². The van der Waals surface area contributed by atoms with Crippen molar-refractivity contribution < 1.29 is 24.3 Å². The molecule has 10 heteroatoms. The molecule has 3 atom stereocenters. The highest BCUT2D eigenvalue weighted by atomic mass is 32.1. The van der Waals surface area contributed by atoms with E-state index in [0.29, 0.717) is 31.6 Å². The van der Waals surface area contributed by atoms with Crippen molar-refractivity contribution in [3.63, 3.8) is 0 Å². The lowest BCUT2D eigenvalue weighted by Crippen LogP contribution is -2.54. The Bertz CT molecular complexity index is 475. The van der Waals surface area contributed by atoms with Crippen LogP contribution in [0.2, 0.25) is 0 Å². The third kappa shape index (κ3) is 9.92. The van der Waals surface area contributed by atoms with E-state index in [9.17, 15) is 19.2 Å². The molecule has 0 saturated heterocycles. The highest BCUT2D eigenvalue weighted by Gasteiger charge is 2.25. The Morgan fingerprint density at radius 3 is 2.12 bits per heavy atom. The molecule has 0 unspecified atom stereocenters. The predicted molar refractivity (Wildman–Crippen MR) is 96.2 cm³/mol. The molecule has 0 radical (unpaired) electrons. The van der Waals surface area contributed by atoms with Gasteiger partial charge in [0.15, 0.2) is 0 Å². The van der Waals surface area contributed by atoms with Crippen LogP contribution in [0, 0.1) is 0 Å². The molecule has 25 heavy (non-hydrogen) atoms. The summed E-state index contributed by atoms with van der Waals surface area (Å²) in [5.74, 6) is -2.25. The quantitative estimate of drug-likeness (QED) is 0.190. The van der Waals surface area contributed by atoms with Crippen molar-refractivity contribution >= 4 is 36.3 Å². The van der Waals surface area contributed by atoms with Crippen molar-refractivity contribution in [3.8, 4) is 0 Å². The molecule has 9 nitrogen and oxygen atoms in total. The molecular weight excluding hydrogens is 348 g/mol. The van der Waals surface area contributed by atoms with Gasteiger partial charge < -0.3 is 26.8 Å². The standard InChI is InChI=1S/C15H28N4O5S/c1-9(13(21)18-10(2)15(23)24)17-14(22)11(5-3-4-7-16)19-12(20)6-8-25/h9-11,25H,3-8,16H2,1-2H3,(H,17,22)(H,18,21)(H,19,20)(H,23,24)/t9-,10-,11+/m1/s1. The molecule has 0 spiro atoms. The molecule has 0 saturated carbocycles. The molecular formula is C15H28N4O5S. The number of carboxylic acids is 1. The number of aliphatic carboxylic acids is 1. The van der Waals surface area contributed by atoms with E-state index < -0.39 is 35.9 Å². The van der Waals surface area contributed by atoms with Gasteiger partial charge in [-0.05, 0) is 45.4 Å². The molecule has 144 valence electrons. The first kappa shape index (κ1) is 23.2. The van der Waals surface area contributed by atoms with Gasteiger partial charge in [-0.15, -0.1) is 0 Å². The van der Waals surface area contributed by atoms with Crippen molar-refractivity contribution in [2.24, 2.45) is 5.73 Å². The van der Waals surface area contributed by atoms with Crippen LogP contribution in [-0.4, -0.2) is 59.2 Å². The molecule has 3 amide bonds. The topological polar surface area (TPSA) is 151 Å². The van der Waals surface area contributed by atoms with Crippen LogP contribution in [0.4, 0.5) is 0 Å². The first-order valence-corrected chi connectivity index (χ1v) is 8.80. The van der Waals surface area contributed by atoms with Crippen LogP contribution < -0.4 is 21.7 Å². The number of amides is 3. The van der Waals surface area contributed by atoms with Gasteiger partial charge >= 0.3 is 5.97 Å². The molecule has 0 aromatic heterocycles. The Morgan fingerprint density at radius 1 is 1.00 bits per heavy atom. The molecule has 0 aromatic carbocycles. The summed E-state index contributed by atoms with van der Waals surface area (Å²) in [6, 6.07) is -2.79. The SMILES string of the molecule is C[C@@H](NC(=O)[C@@H](C)NC(=O)[C@H](CCCCN)NC(=O)CCS)C(=O)O. The minimum absolute atomic E-state index is 0.177. The molecule has 0 heterocycles. The highest BCUT2D eigenvalue weighted by Crippen LogP contribution is 2.03. The van der Waals surface area contributed by atoms with Crippen LogP contribution in [0.1, 0.15) is 39.5 Å². The van der Waals surface area contributed by atoms with Crippen LogP contribution >= 0.6 is 12.6 Å². The number of hydrogen-bond donors (Lipinski definition) is 6. The smallest absolute Gasteiger partial charge is 0.325 e. The summed E-state index contributed by atoms with van der Waals surface area (Å²) >= 11 is 3.97. The third-order valence-corrected chi connectivity index (χ3v) is 3.64. The number of rotatable bonds is 12. The number of hydrogen-bond acceptors (Lipinski definition) is 6. The molecule has 0 fully saturated rings. The minimum atomic E-state index is -1.18. The summed E-state index contributed by atoms with van der Waals surface area (Å²) in [4.78, 5) is 46.7. The fourth-order valence-electron chi connectivity index (χ4n) is 1.91. The van der Waals surface area contributed by atoms with Crippen LogP contribution in [0.5, 0.6) is 0 Å². The average molecular weight is 376 g/mol. The van der Waals surface area contributed by atoms with Gasteiger partial charge in [0, 0.05) is 6.42 Å². The number of carbonyl (C=O) groups is 4. The summed E-state index contributed by atoms with van der Waals surface area (Å²) in [5.41, 5.74) is 5.43. The van der Waals surface area contributed by atoms with E-state index in [0.717, 1.165) is 0 Å². The monoisotopic (exact) mass is 376 g/mol. The second kappa shape index (κ2) is 12.5. The van der Waals surface area contributed by atoms with E-state index >= 15 is 0 Å². The molecule has 0 aliphatic heterocycles. The van der Waals surface area contributed by atoms with Gasteiger partial charge in [-0.25, -0.2) is 0 Å². The average Bonchev–Trinajstić information content (AvgIpc) is 2.53. The zero-order chi connectivity index (χ0) is 19.4. The van der Waals surface area contributed by atoms with Gasteiger partial charge in [0.25, 0.3) is 0 Å². The number of unbranched alkanes of at least 4 members (excludes halogenated alkanes) is 1. The van der Waals surface area contributed by atoms with Crippen molar-refractivity contribution in [1.82, 2.24) is 16.0 Å². The van der Waals surface area contributed by atoms with Crippen molar-refractivity contribution in [2.45, 2.75) is 57.7 Å². The maximum atomic E-state index is 12.3. The number of nitrogens with one attached hydrogen (secondary N) is 3. The Labute approximate surface area is 152 Å². The molecule has 0 bridgehead atoms. The van der Waals surface area contributed by atoms with E-state index in [4.69, 9.17) is 10.8 Å². The van der Waals surface area contributed by atoms with Crippen LogP contribution in [-0.2, 0) is 19.2 Å². The van der Waals surface area contributed by atoms with E-state index in [2.05, 4.69) is 28.6 Å². The fraction of sp³-hybridized carbons (Fsp3) is 0.733.